The molecule has 2 fully saturated rings. The normalized spacial score (nSPS) is 19.4. The second-order valence-corrected chi connectivity index (χ2v) is 8.28. The minimum absolute atomic E-state index is 0.0575. The van der Waals surface area contributed by atoms with Crippen LogP contribution < -0.4 is 4.90 Å². The molecule has 0 spiro atoms. The van der Waals surface area contributed by atoms with Crippen LogP contribution >= 0.6 is 0 Å². The summed E-state index contributed by atoms with van der Waals surface area (Å²) in [6.45, 7) is 5.20. The number of benzene rings is 2. The van der Waals surface area contributed by atoms with Gasteiger partial charge < -0.3 is 19.1 Å². The molecule has 2 aliphatic rings. The molecule has 5 rings (SSSR count). The Morgan fingerprint density at radius 1 is 1.13 bits per heavy atom. The highest BCUT2D eigenvalue weighted by atomic mass is 16.5. The number of fused-ring (bicyclic) bond motifs is 1. The lowest BCUT2D eigenvalue weighted by Gasteiger charge is -2.27. The van der Waals surface area contributed by atoms with Crippen LogP contribution in [0, 0.1) is 6.92 Å². The first-order chi connectivity index (χ1) is 15.1. The summed E-state index contributed by atoms with van der Waals surface area (Å²) in [5.41, 5.74) is 3.82. The van der Waals surface area contributed by atoms with Crippen molar-refractivity contribution in [2.75, 3.05) is 37.7 Å². The molecule has 160 valence electrons. The number of morpholine rings is 1. The molecule has 7 heteroatoms. The number of aromatic nitrogens is 2. The van der Waals surface area contributed by atoms with Gasteiger partial charge in [0, 0.05) is 37.7 Å². The van der Waals surface area contributed by atoms with Crippen LogP contribution in [0.5, 0.6) is 0 Å². The molecule has 2 amide bonds. The number of hydrogen-bond donors (Lipinski definition) is 0. The van der Waals surface area contributed by atoms with Crippen molar-refractivity contribution in [3.63, 3.8) is 0 Å². The first-order valence-corrected chi connectivity index (χ1v) is 10.8. The Balaban J connectivity index is 1.46. The number of rotatable bonds is 4. The van der Waals surface area contributed by atoms with Crippen molar-refractivity contribution in [3.8, 4) is 0 Å². The number of hydrogen-bond acceptors (Lipinski definition) is 4. The predicted octanol–water partition coefficient (Wildman–Crippen LogP) is 2.72. The van der Waals surface area contributed by atoms with Gasteiger partial charge in [-0.2, -0.15) is 0 Å². The summed E-state index contributed by atoms with van der Waals surface area (Å²) in [6, 6.07) is 15.9. The summed E-state index contributed by atoms with van der Waals surface area (Å²) >= 11 is 0. The van der Waals surface area contributed by atoms with Crippen molar-refractivity contribution < 1.29 is 14.3 Å². The van der Waals surface area contributed by atoms with Crippen molar-refractivity contribution in [2.24, 2.45) is 0 Å². The van der Waals surface area contributed by atoms with E-state index in [0.29, 0.717) is 39.3 Å². The Kier molecular flexibility index (Phi) is 5.19. The standard InChI is InChI=1S/C24H26N4O3/c1-17-5-4-6-19(13-17)27-15-18(14-22(27)29)24-25-20-7-2-3-8-21(20)28(24)16-23(30)26-9-11-31-12-10-26/h2-8,13,18H,9-12,14-16H2,1H3/t18-/m1/s1. The van der Waals surface area contributed by atoms with E-state index in [1.807, 2.05) is 69.8 Å². The Morgan fingerprint density at radius 3 is 2.74 bits per heavy atom. The number of amides is 2. The molecule has 0 radical (unpaired) electrons. The Labute approximate surface area is 181 Å². The van der Waals surface area contributed by atoms with Crippen LogP contribution in [-0.4, -0.2) is 59.1 Å². The number of anilines is 1. The van der Waals surface area contributed by atoms with E-state index in [1.165, 1.54) is 0 Å². The third-order valence-electron chi connectivity index (χ3n) is 6.14. The van der Waals surface area contributed by atoms with Crippen molar-refractivity contribution in [1.29, 1.82) is 0 Å². The van der Waals surface area contributed by atoms with Crippen LogP contribution in [0.15, 0.2) is 48.5 Å². The SMILES string of the molecule is Cc1cccc(N2C[C@H](c3nc4ccccc4n3CC(=O)N3CCOCC3)CC2=O)c1. The smallest absolute Gasteiger partial charge is 0.242 e. The van der Waals surface area contributed by atoms with Crippen LogP contribution in [0.3, 0.4) is 0 Å². The number of ether oxygens (including phenoxy) is 1. The number of aryl methyl sites for hydroxylation is 1. The average Bonchev–Trinajstić information content (AvgIpc) is 3.35. The minimum Gasteiger partial charge on any atom is -0.378 e. The molecule has 1 atom stereocenters. The number of carbonyl (C=O) groups is 2. The van der Waals surface area contributed by atoms with Gasteiger partial charge in [-0.3, -0.25) is 9.59 Å². The highest BCUT2D eigenvalue weighted by Gasteiger charge is 2.35. The van der Waals surface area contributed by atoms with Crippen LogP contribution in [0.2, 0.25) is 0 Å². The van der Waals surface area contributed by atoms with Crippen LogP contribution in [0.1, 0.15) is 23.7 Å². The molecule has 0 bridgehead atoms. The molecular formula is C24H26N4O3. The predicted molar refractivity (Wildman–Crippen MR) is 118 cm³/mol. The third kappa shape index (κ3) is 3.81. The van der Waals surface area contributed by atoms with Crippen LogP contribution in [-0.2, 0) is 20.9 Å². The van der Waals surface area contributed by atoms with Gasteiger partial charge in [-0.05, 0) is 36.8 Å². The van der Waals surface area contributed by atoms with E-state index >= 15 is 0 Å². The fourth-order valence-electron chi connectivity index (χ4n) is 4.55. The lowest BCUT2D eigenvalue weighted by Crippen LogP contribution is -2.42. The molecule has 2 aliphatic heterocycles. The average molecular weight is 418 g/mol. The molecule has 31 heavy (non-hydrogen) atoms. The number of nitrogens with zero attached hydrogens (tertiary/aromatic N) is 4. The monoisotopic (exact) mass is 418 g/mol. The van der Waals surface area contributed by atoms with Gasteiger partial charge in [-0.15, -0.1) is 0 Å². The number of para-hydroxylation sites is 2. The van der Waals surface area contributed by atoms with E-state index in [9.17, 15) is 9.59 Å². The van der Waals surface area contributed by atoms with Gasteiger partial charge in [0.05, 0.1) is 24.2 Å². The zero-order valence-electron chi connectivity index (χ0n) is 17.7. The summed E-state index contributed by atoms with van der Waals surface area (Å²) in [5.74, 6) is 0.908. The van der Waals surface area contributed by atoms with Gasteiger partial charge in [0.2, 0.25) is 11.8 Å². The Bertz CT molecular complexity index is 1130. The summed E-state index contributed by atoms with van der Waals surface area (Å²) in [7, 11) is 0. The van der Waals surface area contributed by atoms with Crippen molar-refractivity contribution >= 4 is 28.5 Å². The Morgan fingerprint density at radius 2 is 1.94 bits per heavy atom. The molecule has 7 nitrogen and oxygen atoms in total. The topological polar surface area (TPSA) is 67.7 Å². The molecule has 0 saturated carbocycles. The van der Waals surface area contributed by atoms with Crippen LogP contribution in [0.25, 0.3) is 11.0 Å². The first kappa shape index (κ1) is 19.8. The maximum Gasteiger partial charge on any atom is 0.242 e. The molecule has 2 saturated heterocycles. The van der Waals surface area contributed by atoms with Gasteiger partial charge in [-0.1, -0.05) is 24.3 Å². The quantitative estimate of drug-likeness (QED) is 0.653. The second-order valence-electron chi connectivity index (χ2n) is 8.28. The molecular weight excluding hydrogens is 392 g/mol. The van der Waals surface area contributed by atoms with E-state index in [4.69, 9.17) is 9.72 Å². The van der Waals surface area contributed by atoms with Crippen molar-refractivity contribution in [3.05, 3.63) is 59.9 Å². The molecule has 0 unspecified atom stereocenters. The highest BCUT2D eigenvalue weighted by molar-refractivity contribution is 5.96. The molecule has 1 aromatic heterocycles. The largest absolute Gasteiger partial charge is 0.378 e. The van der Waals surface area contributed by atoms with Gasteiger partial charge in [0.25, 0.3) is 0 Å². The summed E-state index contributed by atoms with van der Waals surface area (Å²) in [4.78, 5) is 34.4. The van der Waals surface area contributed by atoms with Crippen LogP contribution in [0.4, 0.5) is 5.69 Å². The zero-order chi connectivity index (χ0) is 21.4. The van der Waals surface area contributed by atoms with E-state index < -0.39 is 0 Å². The van der Waals surface area contributed by atoms with Gasteiger partial charge in [0.1, 0.15) is 12.4 Å². The summed E-state index contributed by atoms with van der Waals surface area (Å²) in [6.07, 6.45) is 0.392. The maximum atomic E-state index is 13.0. The van der Waals surface area contributed by atoms with Gasteiger partial charge in [-0.25, -0.2) is 4.98 Å². The molecule has 3 heterocycles. The van der Waals surface area contributed by atoms with Gasteiger partial charge >= 0.3 is 0 Å². The maximum absolute atomic E-state index is 13.0. The fourth-order valence-corrected chi connectivity index (χ4v) is 4.55. The second kappa shape index (κ2) is 8.15. The van der Waals surface area contributed by atoms with E-state index in [2.05, 4.69) is 0 Å². The molecule has 0 aliphatic carbocycles. The Hall–Kier alpha value is -3.19. The van der Waals surface area contributed by atoms with E-state index in [-0.39, 0.29) is 24.3 Å². The lowest BCUT2D eigenvalue weighted by atomic mass is 10.1. The first-order valence-electron chi connectivity index (χ1n) is 10.8. The zero-order valence-corrected chi connectivity index (χ0v) is 17.7. The van der Waals surface area contributed by atoms with E-state index in [0.717, 1.165) is 28.1 Å². The number of carbonyl (C=O) groups excluding carboxylic acids is 2. The van der Waals surface area contributed by atoms with Crippen molar-refractivity contribution in [1.82, 2.24) is 14.5 Å². The van der Waals surface area contributed by atoms with Gasteiger partial charge in [0.15, 0.2) is 0 Å². The summed E-state index contributed by atoms with van der Waals surface area (Å²) < 4.78 is 7.38. The van der Waals surface area contributed by atoms with Crippen molar-refractivity contribution in [2.45, 2.75) is 25.8 Å². The van der Waals surface area contributed by atoms with E-state index in [1.54, 1.807) is 0 Å². The third-order valence-corrected chi connectivity index (χ3v) is 6.14. The summed E-state index contributed by atoms with van der Waals surface area (Å²) in [5, 5.41) is 0. The lowest BCUT2D eigenvalue weighted by molar-refractivity contribution is -0.135. The fraction of sp³-hybridized carbons (Fsp3) is 0.375. The minimum atomic E-state index is -0.0575. The molecule has 2 aromatic carbocycles. The highest BCUT2D eigenvalue weighted by Crippen LogP contribution is 2.33. The number of imidazole rings is 1. The molecule has 0 N–H and O–H groups in total. The molecule has 3 aromatic rings.